The minimum absolute atomic E-state index is 0.155. The number of nitrogens with one attached hydrogen (secondary N) is 1. The molecule has 0 aromatic rings. The Bertz CT molecular complexity index is 149. The SMILES string of the molecule is CN(C)C(=O)C1C[CH]CCNC1. The quantitative estimate of drug-likeness (QED) is 0.611. The first kappa shape index (κ1) is 9.52. The third-order valence-corrected chi connectivity index (χ3v) is 2.16. The molecule has 3 heteroatoms. The lowest BCUT2D eigenvalue weighted by atomic mass is 10.0. The summed E-state index contributed by atoms with van der Waals surface area (Å²) in [5.41, 5.74) is 0. The maximum absolute atomic E-state index is 11.5. The maximum Gasteiger partial charge on any atom is 0.226 e. The van der Waals surface area contributed by atoms with E-state index in [-0.39, 0.29) is 11.8 Å². The van der Waals surface area contributed by atoms with Gasteiger partial charge in [0.15, 0.2) is 0 Å². The average Bonchev–Trinajstić information content (AvgIpc) is 2.30. The van der Waals surface area contributed by atoms with Crippen molar-refractivity contribution in [3.8, 4) is 0 Å². The Balaban J connectivity index is 2.43. The summed E-state index contributed by atoms with van der Waals surface area (Å²) in [4.78, 5) is 13.2. The molecule has 0 saturated carbocycles. The van der Waals surface area contributed by atoms with Crippen LogP contribution >= 0.6 is 0 Å². The fraction of sp³-hybridized carbons (Fsp3) is 0.778. The van der Waals surface area contributed by atoms with Crippen molar-refractivity contribution < 1.29 is 4.79 Å². The van der Waals surface area contributed by atoms with E-state index in [9.17, 15) is 4.79 Å². The zero-order chi connectivity index (χ0) is 8.97. The normalized spacial score (nSPS) is 24.7. The zero-order valence-electron chi connectivity index (χ0n) is 7.84. The molecule has 1 rings (SSSR count). The zero-order valence-corrected chi connectivity index (χ0v) is 7.84. The standard InChI is InChI=1S/C9H17N2O/c1-11(2)9(12)8-5-3-4-6-10-7-8/h3,8,10H,4-7H2,1-2H3. The van der Waals surface area contributed by atoms with E-state index in [1.807, 2.05) is 14.1 Å². The second-order valence-corrected chi connectivity index (χ2v) is 3.45. The van der Waals surface area contributed by atoms with Crippen molar-refractivity contribution >= 4 is 5.91 Å². The highest BCUT2D eigenvalue weighted by Gasteiger charge is 2.20. The predicted molar refractivity (Wildman–Crippen MR) is 48.6 cm³/mol. The summed E-state index contributed by atoms with van der Waals surface area (Å²) in [6.07, 6.45) is 4.20. The fourth-order valence-electron chi connectivity index (χ4n) is 1.44. The molecule has 12 heavy (non-hydrogen) atoms. The van der Waals surface area contributed by atoms with E-state index in [4.69, 9.17) is 0 Å². The van der Waals surface area contributed by atoms with Crippen LogP contribution in [0.15, 0.2) is 0 Å². The number of hydrogen-bond acceptors (Lipinski definition) is 2. The highest BCUT2D eigenvalue weighted by atomic mass is 16.2. The summed E-state index contributed by atoms with van der Waals surface area (Å²) in [5.74, 6) is 0.392. The van der Waals surface area contributed by atoms with Crippen LogP contribution in [0.2, 0.25) is 0 Å². The number of nitrogens with zero attached hydrogens (tertiary/aromatic N) is 1. The van der Waals surface area contributed by atoms with Gasteiger partial charge in [0.1, 0.15) is 0 Å². The third kappa shape index (κ3) is 2.48. The van der Waals surface area contributed by atoms with Crippen LogP contribution in [0.3, 0.4) is 0 Å². The van der Waals surface area contributed by atoms with Gasteiger partial charge in [-0.1, -0.05) is 0 Å². The lowest BCUT2D eigenvalue weighted by Gasteiger charge is -2.18. The molecule has 1 radical (unpaired) electrons. The van der Waals surface area contributed by atoms with E-state index < -0.39 is 0 Å². The van der Waals surface area contributed by atoms with Crippen molar-refractivity contribution in [2.75, 3.05) is 27.2 Å². The minimum atomic E-state index is 0.155. The molecule has 0 bridgehead atoms. The maximum atomic E-state index is 11.5. The van der Waals surface area contributed by atoms with Crippen LogP contribution in [0, 0.1) is 12.3 Å². The Kier molecular flexibility index (Phi) is 3.53. The van der Waals surface area contributed by atoms with Crippen molar-refractivity contribution in [3.05, 3.63) is 6.42 Å². The molecule has 0 aromatic heterocycles. The lowest BCUT2D eigenvalue weighted by molar-refractivity contribution is -0.132. The van der Waals surface area contributed by atoms with Crippen molar-refractivity contribution in [1.29, 1.82) is 0 Å². The Hall–Kier alpha value is -0.570. The van der Waals surface area contributed by atoms with Gasteiger partial charge in [0.05, 0.1) is 5.92 Å². The molecule has 1 aliphatic heterocycles. The number of carbonyl (C=O) groups is 1. The fourth-order valence-corrected chi connectivity index (χ4v) is 1.44. The van der Waals surface area contributed by atoms with Gasteiger partial charge >= 0.3 is 0 Å². The van der Waals surface area contributed by atoms with E-state index in [1.54, 1.807) is 4.90 Å². The molecular weight excluding hydrogens is 152 g/mol. The summed E-state index contributed by atoms with van der Waals surface area (Å²) in [6, 6.07) is 0. The Morgan fingerprint density at radius 3 is 3.00 bits per heavy atom. The minimum Gasteiger partial charge on any atom is -0.349 e. The van der Waals surface area contributed by atoms with E-state index in [2.05, 4.69) is 11.7 Å². The number of carbonyl (C=O) groups excluding carboxylic acids is 1. The molecule has 1 unspecified atom stereocenters. The Morgan fingerprint density at radius 1 is 1.58 bits per heavy atom. The molecule has 3 nitrogen and oxygen atoms in total. The van der Waals surface area contributed by atoms with Crippen LogP contribution in [0.1, 0.15) is 12.8 Å². The first-order valence-electron chi connectivity index (χ1n) is 4.45. The summed E-state index contributed by atoms with van der Waals surface area (Å²) in [5, 5.41) is 3.25. The molecule has 1 amide bonds. The second-order valence-electron chi connectivity index (χ2n) is 3.45. The largest absolute Gasteiger partial charge is 0.349 e. The van der Waals surface area contributed by atoms with Crippen molar-refractivity contribution in [2.45, 2.75) is 12.8 Å². The molecule has 1 atom stereocenters. The first-order chi connectivity index (χ1) is 5.72. The molecule has 1 saturated heterocycles. The first-order valence-corrected chi connectivity index (χ1v) is 4.45. The van der Waals surface area contributed by atoms with Crippen LogP contribution in [0.25, 0.3) is 0 Å². The molecule has 1 aliphatic rings. The van der Waals surface area contributed by atoms with Crippen molar-refractivity contribution in [1.82, 2.24) is 10.2 Å². The van der Waals surface area contributed by atoms with Gasteiger partial charge < -0.3 is 10.2 Å². The van der Waals surface area contributed by atoms with Gasteiger partial charge in [0, 0.05) is 20.6 Å². The van der Waals surface area contributed by atoms with E-state index in [1.165, 1.54) is 0 Å². The monoisotopic (exact) mass is 169 g/mol. The summed E-state index contributed by atoms with van der Waals surface area (Å²) < 4.78 is 0. The van der Waals surface area contributed by atoms with E-state index in [0.717, 1.165) is 25.9 Å². The van der Waals surface area contributed by atoms with Gasteiger partial charge in [0.2, 0.25) is 5.91 Å². The van der Waals surface area contributed by atoms with Gasteiger partial charge in [-0.25, -0.2) is 0 Å². The number of rotatable bonds is 1. The van der Waals surface area contributed by atoms with Gasteiger partial charge in [-0.05, 0) is 25.8 Å². The second kappa shape index (κ2) is 4.45. The van der Waals surface area contributed by atoms with Crippen LogP contribution < -0.4 is 5.32 Å². The summed E-state index contributed by atoms with van der Waals surface area (Å²) >= 11 is 0. The lowest BCUT2D eigenvalue weighted by Crippen LogP contribution is -2.35. The summed E-state index contributed by atoms with van der Waals surface area (Å²) in [7, 11) is 3.63. The molecule has 1 N–H and O–H groups in total. The van der Waals surface area contributed by atoms with Gasteiger partial charge in [0.25, 0.3) is 0 Å². The van der Waals surface area contributed by atoms with Gasteiger partial charge in [-0.15, -0.1) is 0 Å². The predicted octanol–water partition coefficient (Wildman–Crippen LogP) is 0.278. The van der Waals surface area contributed by atoms with Crippen LogP contribution in [-0.2, 0) is 4.79 Å². The smallest absolute Gasteiger partial charge is 0.226 e. The molecule has 1 heterocycles. The number of hydrogen-bond donors (Lipinski definition) is 1. The molecule has 0 aliphatic carbocycles. The Labute approximate surface area is 74.1 Å². The third-order valence-electron chi connectivity index (χ3n) is 2.16. The Morgan fingerprint density at radius 2 is 2.33 bits per heavy atom. The highest BCUT2D eigenvalue weighted by Crippen LogP contribution is 2.11. The molecule has 0 spiro atoms. The van der Waals surface area contributed by atoms with E-state index in [0.29, 0.717) is 0 Å². The van der Waals surface area contributed by atoms with Crippen LogP contribution in [-0.4, -0.2) is 38.0 Å². The van der Waals surface area contributed by atoms with Crippen molar-refractivity contribution in [3.63, 3.8) is 0 Å². The summed E-state index contributed by atoms with van der Waals surface area (Å²) in [6.45, 7) is 1.84. The van der Waals surface area contributed by atoms with E-state index >= 15 is 0 Å². The molecule has 69 valence electrons. The molecular formula is C9H17N2O. The molecule has 0 aromatic carbocycles. The van der Waals surface area contributed by atoms with Crippen LogP contribution in [0.5, 0.6) is 0 Å². The van der Waals surface area contributed by atoms with Crippen LogP contribution in [0.4, 0.5) is 0 Å². The average molecular weight is 169 g/mol. The number of amides is 1. The van der Waals surface area contributed by atoms with Gasteiger partial charge in [-0.3, -0.25) is 4.79 Å². The highest BCUT2D eigenvalue weighted by molar-refractivity contribution is 5.78. The molecule has 1 fully saturated rings. The topological polar surface area (TPSA) is 32.3 Å². The van der Waals surface area contributed by atoms with Crippen molar-refractivity contribution in [2.24, 2.45) is 5.92 Å². The van der Waals surface area contributed by atoms with Gasteiger partial charge in [-0.2, -0.15) is 0 Å².